The molecule has 2 amide bonds. The number of hydrogen-bond acceptors (Lipinski definition) is 9. The standard InChI is InChI=1S/C33H44F3N9O3/c34-33(35,36)32-42-28(44-16-11-23(12-17-44)3-1-5-30(46)40-15-20-48-19-2-4-27(38)39)21-29(43-32)45-18-13-26(45)31(47)41-14-10-24-6-8-25(22-37)9-7-24/h6-9,21,23,26H,1-5,10-20H2,(H3,38,39)(H,40,46)(H,41,47)/t26-/m0/s1. The zero-order chi connectivity index (χ0) is 34.5. The predicted octanol–water partition coefficient (Wildman–Crippen LogP) is 3.54. The van der Waals surface area contributed by atoms with E-state index in [0.29, 0.717) is 89.5 Å². The van der Waals surface area contributed by atoms with Crippen LogP contribution in [0.2, 0.25) is 0 Å². The number of nitrogens with one attached hydrogen (secondary N) is 3. The minimum atomic E-state index is -4.74. The van der Waals surface area contributed by atoms with E-state index in [1.807, 2.05) is 17.0 Å². The summed E-state index contributed by atoms with van der Waals surface area (Å²) in [4.78, 5) is 36.2. The predicted molar refractivity (Wildman–Crippen MR) is 174 cm³/mol. The van der Waals surface area contributed by atoms with Crippen LogP contribution in [-0.4, -0.2) is 79.6 Å². The van der Waals surface area contributed by atoms with Crippen LogP contribution >= 0.6 is 0 Å². The quantitative estimate of drug-likeness (QED) is 0.111. The maximum absolute atomic E-state index is 13.9. The number of halogens is 3. The van der Waals surface area contributed by atoms with Crippen LogP contribution in [0.15, 0.2) is 30.3 Å². The Kier molecular flexibility index (Phi) is 13.4. The van der Waals surface area contributed by atoms with Crippen molar-refractivity contribution in [2.45, 2.75) is 70.0 Å². The van der Waals surface area contributed by atoms with Gasteiger partial charge in [-0.2, -0.15) is 18.4 Å². The number of nitrogens with zero attached hydrogens (tertiary/aromatic N) is 5. The number of hydrogen-bond donors (Lipinski definition) is 4. The number of alkyl halides is 3. The summed E-state index contributed by atoms with van der Waals surface area (Å²) in [5.74, 6) is -0.777. The molecule has 1 atom stereocenters. The Bertz CT molecular complexity index is 1420. The van der Waals surface area contributed by atoms with Crippen LogP contribution < -0.4 is 26.2 Å². The van der Waals surface area contributed by atoms with Crippen molar-refractivity contribution in [3.63, 3.8) is 0 Å². The number of nitriles is 1. The van der Waals surface area contributed by atoms with Crippen molar-refractivity contribution in [2.75, 3.05) is 55.7 Å². The van der Waals surface area contributed by atoms with E-state index in [1.54, 1.807) is 23.1 Å². The number of nitrogens with two attached hydrogens (primary N) is 1. The average molecular weight is 672 g/mol. The van der Waals surface area contributed by atoms with Crippen LogP contribution in [0.3, 0.4) is 0 Å². The van der Waals surface area contributed by atoms with Crippen LogP contribution in [0.5, 0.6) is 0 Å². The molecule has 1 aromatic carbocycles. The number of carbonyl (C=O) groups excluding carboxylic acids is 2. The smallest absolute Gasteiger partial charge is 0.388 e. The molecule has 4 rings (SSSR count). The summed E-state index contributed by atoms with van der Waals surface area (Å²) < 4.78 is 47.0. The third kappa shape index (κ3) is 11.1. The molecule has 2 fully saturated rings. The van der Waals surface area contributed by atoms with Crippen molar-refractivity contribution < 1.29 is 27.5 Å². The molecule has 0 bridgehead atoms. The van der Waals surface area contributed by atoms with Crippen molar-refractivity contribution in [1.82, 2.24) is 20.6 Å². The molecule has 15 heteroatoms. The van der Waals surface area contributed by atoms with Crippen LogP contribution in [0.25, 0.3) is 0 Å². The number of anilines is 2. The Morgan fingerprint density at radius 1 is 1.00 bits per heavy atom. The summed E-state index contributed by atoms with van der Waals surface area (Å²) in [5, 5.41) is 21.8. The van der Waals surface area contributed by atoms with Crippen molar-refractivity contribution >= 4 is 29.3 Å². The molecule has 3 heterocycles. The SMILES string of the molecule is N#Cc1ccc(CCNC(=O)[C@@H]2CCN2c2cc(N3CCC(CCCC(=O)NCCOCCCC(=N)N)CC3)nc(C(F)(F)F)n2)cc1. The second kappa shape index (κ2) is 17.6. The van der Waals surface area contributed by atoms with Gasteiger partial charge in [0, 0.05) is 58.2 Å². The van der Waals surface area contributed by atoms with Gasteiger partial charge in [0.15, 0.2) is 0 Å². The Morgan fingerprint density at radius 2 is 1.73 bits per heavy atom. The third-order valence-electron chi connectivity index (χ3n) is 8.62. The lowest BCUT2D eigenvalue weighted by Crippen LogP contribution is -2.57. The zero-order valence-corrected chi connectivity index (χ0v) is 27.0. The molecule has 0 saturated carbocycles. The van der Waals surface area contributed by atoms with Crippen LogP contribution in [0.1, 0.15) is 68.3 Å². The largest absolute Gasteiger partial charge is 0.451 e. The molecular formula is C33H44F3N9O3. The number of aromatic nitrogens is 2. The van der Waals surface area contributed by atoms with Crippen LogP contribution in [0.4, 0.5) is 24.8 Å². The van der Waals surface area contributed by atoms with Gasteiger partial charge in [-0.1, -0.05) is 12.1 Å². The summed E-state index contributed by atoms with van der Waals surface area (Å²) in [6, 6.07) is 10.1. The molecular weight excluding hydrogens is 627 g/mol. The Hall–Kier alpha value is -4.45. The van der Waals surface area contributed by atoms with E-state index in [2.05, 4.69) is 26.7 Å². The van der Waals surface area contributed by atoms with Gasteiger partial charge in [0.05, 0.1) is 24.1 Å². The highest BCUT2D eigenvalue weighted by atomic mass is 19.4. The fourth-order valence-corrected chi connectivity index (χ4v) is 5.81. The second-order valence-corrected chi connectivity index (χ2v) is 12.2. The van der Waals surface area contributed by atoms with Crippen molar-refractivity contribution in [3.05, 3.63) is 47.3 Å². The molecule has 2 saturated heterocycles. The summed E-state index contributed by atoms with van der Waals surface area (Å²) in [7, 11) is 0. The number of ether oxygens (including phenoxy) is 1. The lowest BCUT2D eigenvalue weighted by atomic mass is 9.91. The third-order valence-corrected chi connectivity index (χ3v) is 8.62. The summed E-state index contributed by atoms with van der Waals surface area (Å²) in [5.41, 5.74) is 6.81. The maximum atomic E-state index is 13.9. The van der Waals surface area contributed by atoms with Gasteiger partial charge in [-0.15, -0.1) is 0 Å². The van der Waals surface area contributed by atoms with E-state index in [4.69, 9.17) is 21.1 Å². The average Bonchev–Trinajstić information content (AvgIpc) is 3.04. The Morgan fingerprint density at radius 3 is 2.38 bits per heavy atom. The Balaban J connectivity index is 1.23. The number of rotatable bonds is 17. The van der Waals surface area contributed by atoms with Gasteiger partial charge in [-0.25, -0.2) is 9.97 Å². The summed E-state index contributed by atoms with van der Waals surface area (Å²) >= 11 is 0. The number of benzene rings is 1. The van der Waals surface area contributed by atoms with Crippen molar-refractivity contribution in [1.29, 1.82) is 10.7 Å². The molecule has 2 aromatic rings. The molecule has 0 radical (unpaired) electrons. The molecule has 260 valence electrons. The number of amidine groups is 1. The topological polar surface area (TPSA) is 173 Å². The van der Waals surface area contributed by atoms with E-state index in [-0.39, 0.29) is 29.3 Å². The molecule has 12 nitrogen and oxygen atoms in total. The number of amides is 2. The fourth-order valence-electron chi connectivity index (χ4n) is 5.81. The van der Waals surface area contributed by atoms with E-state index < -0.39 is 18.0 Å². The van der Waals surface area contributed by atoms with Gasteiger partial charge in [0.2, 0.25) is 17.6 Å². The molecule has 5 N–H and O–H groups in total. The highest BCUT2D eigenvalue weighted by Crippen LogP contribution is 2.34. The van der Waals surface area contributed by atoms with Crippen molar-refractivity contribution in [3.8, 4) is 6.07 Å². The second-order valence-electron chi connectivity index (χ2n) is 12.2. The van der Waals surface area contributed by atoms with Gasteiger partial charge >= 0.3 is 6.18 Å². The van der Waals surface area contributed by atoms with Crippen LogP contribution in [-0.2, 0) is 26.9 Å². The molecule has 0 unspecified atom stereocenters. The molecule has 0 spiro atoms. The minimum absolute atomic E-state index is 0.0442. The first-order chi connectivity index (χ1) is 23.0. The zero-order valence-electron chi connectivity index (χ0n) is 27.0. The van der Waals surface area contributed by atoms with Crippen molar-refractivity contribution in [2.24, 2.45) is 11.7 Å². The molecule has 2 aliphatic rings. The maximum Gasteiger partial charge on any atom is 0.451 e. The minimum Gasteiger partial charge on any atom is -0.388 e. The lowest BCUT2D eigenvalue weighted by molar-refractivity contribution is -0.144. The lowest BCUT2D eigenvalue weighted by Gasteiger charge is -2.41. The monoisotopic (exact) mass is 671 g/mol. The van der Waals surface area contributed by atoms with E-state index in [9.17, 15) is 22.8 Å². The highest BCUT2D eigenvalue weighted by molar-refractivity contribution is 5.86. The molecule has 1 aromatic heterocycles. The first kappa shape index (κ1) is 36.4. The van der Waals surface area contributed by atoms with Gasteiger partial charge in [0.25, 0.3) is 0 Å². The van der Waals surface area contributed by atoms with Gasteiger partial charge in [0.1, 0.15) is 17.7 Å². The first-order valence-electron chi connectivity index (χ1n) is 16.5. The molecule has 2 aliphatic heterocycles. The van der Waals surface area contributed by atoms with E-state index >= 15 is 0 Å². The first-order valence-corrected chi connectivity index (χ1v) is 16.5. The summed E-state index contributed by atoms with van der Waals surface area (Å²) in [6.45, 7) is 3.13. The highest BCUT2D eigenvalue weighted by Gasteiger charge is 2.40. The number of carbonyl (C=O) groups is 2. The fraction of sp³-hybridized carbons (Fsp3) is 0.576. The summed E-state index contributed by atoms with van der Waals surface area (Å²) in [6.07, 6.45) is 0.985. The van der Waals surface area contributed by atoms with Gasteiger partial charge in [-0.05, 0) is 68.6 Å². The van der Waals surface area contributed by atoms with E-state index in [1.165, 1.54) is 0 Å². The molecule has 0 aliphatic carbocycles. The Labute approximate surface area is 278 Å². The van der Waals surface area contributed by atoms with Gasteiger partial charge in [-0.3, -0.25) is 15.0 Å². The molecule has 48 heavy (non-hydrogen) atoms. The van der Waals surface area contributed by atoms with Gasteiger partial charge < -0.3 is 30.9 Å². The normalized spacial score (nSPS) is 16.6. The van der Waals surface area contributed by atoms with E-state index in [0.717, 1.165) is 31.2 Å². The number of piperidine rings is 1. The van der Waals surface area contributed by atoms with Crippen LogP contribution in [0, 0.1) is 22.7 Å².